The smallest absolute Gasteiger partial charge is 0.255 e. The third-order valence-electron chi connectivity index (χ3n) is 5.13. The summed E-state index contributed by atoms with van der Waals surface area (Å²) in [5, 5.41) is 7.26. The average molecular weight is 472 g/mol. The first-order valence-electron chi connectivity index (χ1n) is 9.80. The van der Waals surface area contributed by atoms with Gasteiger partial charge in [-0.3, -0.25) is 4.79 Å². The molecule has 2 aromatic carbocycles. The summed E-state index contributed by atoms with van der Waals surface area (Å²) in [4.78, 5) is 11.2. The lowest BCUT2D eigenvalue weighted by Crippen LogP contribution is -2.45. The average Bonchev–Trinajstić information content (AvgIpc) is 2.76. The molecule has 2 aromatic rings. The van der Waals surface area contributed by atoms with Crippen LogP contribution < -0.4 is 30.6 Å². The predicted octanol–water partition coefficient (Wildman–Crippen LogP) is 2.99. The van der Waals surface area contributed by atoms with Crippen LogP contribution in [0.5, 0.6) is 17.2 Å². The fraction of sp³-hybridized carbons (Fsp3) is 0.409. The lowest BCUT2D eigenvalue weighted by Gasteiger charge is -2.34. The summed E-state index contributed by atoms with van der Waals surface area (Å²) in [6.45, 7) is 1.31. The molecule has 31 heavy (non-hydrogen) atoms. The molecule has 1 aliphatic heterocycles. The van der Waals surface area contributed by atoms with E-state index in [0.717, 1.165) is 24.9 Å². The number of rotatable bonds is 9. The van der Waals surface area contributed by atoms with Crippen molar-refractivity contribution in [2.75, 3.05) is 27.4 Å². The third-order valence-corrected chi connectivity index (χ3v) is 5.13. The highest BCUT2D eigenvalue weighted by Gasteiger charge is 2.26. The first-order chi connectivity index (χ1) is 14.1. The fourth-order valence-electron chi connectivity index (χ4n) is 3.70. The molecule has 0 aromatic heterocycles. The van der Waals surface area contributed by atoms with Gasteiger partial charge in [-0.15, -0.1) is 24.8 Å². The summed E-state index contributed by atoms with van der Waals surface area (Å²) in [6.07, 6.45) is 2.16. The number of amides is 1. The topological polar surface area (TPSA) is 94.8 Å². The molecule has 0 spiro atoms. The van der Waals surface area contributed by atoms with E-state index < -0.39 is 5.91 Å². The van der Waals surface area contributed by atoms with E-state index in [4.69, 9.17) is 19.9 Å². The van der Waals surface area contributed by atoms with Gasteiger partial charge in [0.15, 0.2) is 6.61 Å². The molecule has 1 fully saturated rings. The Bertz CT molecular complexity index is 824. The minimum atomic E-state index is -0.536. The number of nitrogens with two attached hydrogens (primary N) is 1. The number of carbonyl (C=O) groups is 1. The number of nitrogens with one attached hydrogen (secondary N) is 2. The van der Waals surface area contributed by atoms with Crippen LogP contribution in [0, 0.1) is 0 Å². The normalized spacial score (nSPS) is 17.6. The fourth-order valence-corrected chi connectivity index (χ4v) is 3.70. The van der Waals surface area contributed by atoms with Crippen molar-refractivity contribution in [1.82, 2.24) is 10.6 Å². The van der Waals surface area contributed by atoms with Gasteiger partial charge in [0.2, 0.25) is 0 Å². The minimum absolute atomic E-state index is 0. The van der Waals surface area contributed by atoms with Crippen LogP contribution in [-0.4, -0.2) is 39.3 Å². The van der Waals surface area contributed by atoms with Crippen molar-refractivity contribution in [2.45, 2.75) is 31.5 Å². The van der Waals surface area contributed by atoms with Crippen LogP contribution in [0.25, 0.3) is 0 Å². The molecule has 0 saturated carbocycles. The summed E-state index contributed by atoms with van der Waals surface area (Å²) in [5.74, 6) is 1.21. The SMILES string of the molecule is COc1cc(OC)c(CN[C@H]2CCCN[C@H]2c2ccccc2)c(OCC(N)=O)c1.Cl.Cl. The Morgan fingerprint density at radius 3 is 2.48 bits per heavy atom. The zero-order valence-electron chi connectivity index (χ0n) is 17.8. The monoisotopic (exact) mass is 471 g/mol. The Hall–Kier alpha value is -2.19. The number of ether oxygens (including phenoxy) is 3. The highest BCUT2D eigenvalue weighted by molar-refractivity contribution is 5.85. The van der Waals surface area contributed by atoms with E-state index in [1.165, 1.54) is 5.56 Å². The first kappa shape index (κ1) is 26.8. The first-order valence-corrected chi connectivity index (χ1v) is 9.80. The molecule has 3 rings (SSSR count). The number of benzene rings is 2. The predicted molar refractivity (Wildman–Crippen MR) is 126 cm³/mol. The van der Waals surface area contributed by atoms with Crippen LogP contribution in [0.3, 0.4) is 0 Å². The van der Waals surface area contributed by atoms with E-state index in [2.05, 4.69) is 34.9 Å². The Kier molecular flexibility index (Phi) is 11.5. The molecule has 4 N–H and O–H groups in total. The largest absolute Gasteiger partial charge is 0.496 e. The molecule has 1 amide bonds. The van der Waals surface area contributed by atoms with Gasteiger partial charge in [-0.25, -0.2) is 0 Å². The summed E-state index contributed by atoms with van der Waals surface area (Å²) in [6, 6.07) is 14.5. The van der Waals surface area contributed by atoms with Crippen molar-refractivity contribution < 1.29 is 19.0 Å². The molecule has 1 heterocycles. The van der Waals surface area contributed by atoms with Gasteiger partial charge in [-0.05, 0) is 24.9 Å². The van der Waals surface area contributed by atoms with Gasteiger partial charge in [0.05, 0.1) is 19.8 Å². The zero-order chi connectivity index (χ0) is 20.6. The lowest BCUT2D eigenvalue weighted by atomic mass is 9.92. The molecule has 7 nitrogen and oxygen atoms in total. The maximum atomic E-state index is 11.2. The van der Waals surface area contributed by atoms with Gasteiger partial charge in [0.1, 0.15) is 17.2 Å². The van der Waals surface area contributed by atoms with Crippen molar-refractivity contribution in [1.29, 1.82) is 0 Å². The molecule has 9 heteroatoms. The number of halogens is 2. The van der Waals surface area contributed by atoms with E-state index in [1.54, 1.807) is 20.3 Å². The second-order valence-corrected chi connectivity index (χ2v) is 7.03. The van der Waals surface area contributed by atoms with E-state index in [9.17, 15) is 4.79 Å². The van der Waals surface area contributed by atoms with E-state index >= 15 is 0 Å². The van der Waals surface area contributed by atoms with Crippen LogP contribution in [0.2, 0.25) is 0 Å². The highest BCUT2D eigenvalue weighted by Crippen LogP contribution is 2.35. The number of piperidine rings is 1. The van der Waals surface area contributed by atoms with E-state index in [0.29, 0.717) is 23.8 Å². The molecule has 0 aliphatic carbocycles. The van der Waals surface area contributed by atoms with Crippen molar-refractivity contribution in [3.05, 3.63) is 53.6 Å². The molecule has 172 valence electrons. The summed E-state index contributed by atoms with van der Waals surface area (Å²) in [5.41, 5.74) is 7.34. The quantitative estimate of drug-likeness (QED) is 0.520. The zero-order valence-corrected chi connectivity index (χ0v) is 19.4. The van der Waals surface area contributed by atoms with E-state index in [1.807, 2.05) is 12.1 Å². The Labute approximate surface area is 195 Å². The number of methoxy groups -OCH3 is 2. The maximum Gasteiger partial charge on any atom is 0.255 e. The number of primary amides is 1. The van der Waals surface area contributed by atoms with Crippen LogP contribution in [0.4, 0.5) is 0 Å². The van der Waals surface area contributed by atoms with Gasteiger partial charge < -0.3 is 30.6 Å². The van der Waals surface area contributed by atoms with Crippen LogP contribution in [-0.2, 0) is 11.3 Å². The second kappa shape index (κ2) is 13.3. The van der Waals surface area contributed by atoms with Gasteiger partial charge in [0, 0.05) is 30.8 Å². The molecule has 2 atom stereocenters. The lowest BCUT2D eigenvalue weighted by molar-refractivity contribution is -0.119. The molecular formula is C22H31Cl2N3O4. The van der Waals surface area contributed by atoms with Crippen molar-refractivity contribution >= 4 is 30.7 Å². The van der Waals surface area contributed by atoms with Crippen molar-refractivity contribution in [3.63, 3.8) is 0 Å². The van der Waals surface area contributed by atoms with Gasteiger partial charge >= 0.3 is 0 Å². The Balaban J connectivity index is 0.00000240. The number of carbonyl (C=O) groups excluding carboxylic acids is 1. The van der Waals surface area contributed by atoms with E-state index in [-0.39, 0.29) is 43.5 Å². The minimum Gasteiger partial charge on any atom is -0.496 e. The molecule has 0 unspecified atom stereocenters. The Morgan fingerprint density at radius 1 is 1.13 bits per heavy atom. The molecule has 0 bridgehead atoms. The number of hydrogen-bond donors (Lipinski definition) is 3. The van der Waals surface area contributed by atoms with Crippen molar-refractivity contribution in [2.24, 2.45) is 5.73 Å². The second-order valence-electron chi connectivity index (χ2n) is 7.03. The third kappa shape index (κ3) is 7.18. The molecular weight excluding hydrogens is 441 g/mol. The van der Waals surface area contributed by atoms with Crippen molar-refractivity contribution in [3.8, 4) is 17.2 Å². The van der Waals surface area contributed by atoms with Gasteiger partial charge in [-0.1, -0.05) is 30.3 Å². The molecule has 1 saturated heterocycles. The summed E-state index contributed by atoms with van der Waals surface area (Å²) >= 11 is 0. The molecule has 0 radical (unpaired) electrons. The summed E-state index contributed by atoms with van der Waals surface area (Å²) < 4.78 is 16.5. The maximum absolute atomic E-state index is 11.2. The standard InChI is InChI=1S/C22H29N3O4.2ClH/c1-27-16-11-19(28-2)17(20(12-16)29-14-21(23)26)13-25-18-9-6-10-24-22(18)15-7-4-3-5-8-15;;/h3-5,7-8,11-12,18,22,24-25H,6,9-10,13-14H2,1-2H3,(H2,23,26);2*1H/t18-,22-;;/m0../s1. The number of hydrogen-bond acceptors (Lipinski definition) is 6. The van der Waals surface area contributed by atoms with Crippen LogP contribution in [0.1, 0.15) is 30.0 Å². The summed E-state index contributed by atoms with van der Waals surface area (Å²) in [7, 11) is 3.17. The highest BCUT2D eigenvalue weighted by atomic mass is 35.5. The van der Waals surface area contributed by atoms with Crippen LogP contribution in [0.15, 0.2) is 42.5 Å². The van der Waals surface area contributed by atoms with Gasteiger partial charge in [0.25, 0.3) is 5.91 Å². The Morgan fingerprint density at radius 2 is 1.84 bits per heavy atom. The van der Waals surface area contributed by atoms with Crippen LogP contribution >= 0.6 is 24.8 Å². The molecule has 1 aliphatic rings. The van der Waals surface area contributed by atoms with Gasteiger partial charge in [-0.2, -0.15) is 0 Å².